The van der Waals surface area contributed by atoms with Crippen molar-refractivity contribution in [3.63, 3.8) is 0 Å². The van der Waals surface area contributed by atoms with Gasteiger partial charge in [-0.25, -0.2) is 5.43 Å². The van der Waals surface area contributed by atoms with Gasteiger partial charge in [0.05, 0.1) is 17.3 Å². The monoisotopic (exact) mass is 621 g/mol. The molecule has 0 heterocycles. The maximum absolute atomic E-state index is 12.1. The molecule has 0 bridgehead atoms. The molecule has 0 saturated heterocycles. The number of ether oxygens (including phenoxy) is 2. The third-order valence-electron chi connectivity index (χ3n) is 4.48. The second-order valence-electron chi connectivity index (χ2n) is 7.20. The molecule has 0 aliphatic carbocycles. The largest absolute Gasteiger partial charge is 0.490 e. The average Bonchev–Trinajstić information content (AvgIpc) is 2.81. The van der Waals surface area contributed by atoms with E-state index in [1.807, 2.05) is 31.2 Å². The lowest BCUT2D eigenvalue weighted by Gasteiger charge is -2.14. The lowest BCUT2D eigenvalue weighted by Crippen LogP contribution is -2.24. The van der Waals surface area contributed by atoms with Gasteiger partial charge in [0.15, 0.2) is 11.5 Å². The zero-order valence-electron chi connectivity index (χ0n) is 18.7. The highest BCUT2D eigenvalue weighted by Gasteiger charge is 2.13. The first kappa shape index (κ1) is 26.7. The van der Waals surface area contributed by atoms with Crippen molar-refractivity contribution in [3.8, 4) is 11.5 Å². The zero-order chi connectivity index (χ0) is 25.2. The van der Waals surface area contributed by atoms with Crippen molar-refractivity contribution in [1.82, 2.24) is 5.43 Å². The molecular weight excluding hydrogens is 602 g/mol. The van der Waals surface area contributed by atoms with Crippen LogP contribution >= 0.6 is 43.5 Å². The van der Waals surface area contributed by atoms with Crippen molar-refractivity contribution in [1.29, 1.82) is 0 Å². The predicted octanol–water partition coefficient (Wildman–Crippen LogP) is 6.32. The molecule has 0 fully saturated rings. The molecule has 0 aromatic heterocycles. The fourth-order valence-electron chi connectivity index (χ4n) is 2.90. The maximum atomic E-state index is 12.1. The SMILES string of the molecule is CCOc1cc(C=NNC(=O)CC(=O)Nc2ccc(Cl)cc2)cc(Br)c1OCc1ccc(Br)cc1. The summed E-state index contributed by atoms with van der Waals surface area (Å²) in [4.78, 5) is 24.1. The first-order chi connectivity index (χ1) is 16.8. The smallest absolute Gasteiger partial charge is 0.249 e. The van der Waals surface area contributed by atoms with E-state index >= 15 is 0 Å². The first-order valence-electron chi connectivity index (χ1n) is 10.5. The summed E-state index contributed by atoms with van der Waals surface area (Å²) >= 11 is 12.8. The van der Waals surface area contributed by atoms with Crippen LogP contribution in [0.1, 0.15) is 24.5 Å². The normalized spacial score (nSPS) is 10.7. The summed E-state index contributed by atoms with van der Waals surface area (Å²) in [6.45, 7) is 2.69. The molecule has 3 aromatic rings. The number of carbonyl (C=O) groups is 2. The molecule has 7 nitrogen and oxygen atoms in total. The van der Waals surface area contributed by atoms with Crippen LogP contribution in [0, 0.1) is 0 Å². The Bertz CT molecular complexity index is 1200. The van der Waals surface area contributed by atoms with Crippen LogP contribution in [0.25, 0.3) is 0 Å². The van der Waals surface area contributed by atoms with Crippen LogP contribution in [0.5, 0.6) is 11.5 Å². The minimum atomic E-state index is -0.550. The van der Waals surface area contributed by atoms with Gasteiger partial charge in [-0.2, -0.15) is 5.10 Å². The summed E-state index contributed by atoms with van der Waals surface area (Å²) in [5.41, 5.74) is 4.58. The van der Waals surface area contributed by atoms with Gasteiger partial charge in [0.1, 0.15) is 13.0 Å². The van der Waals surface area contributed by atoms with Crippen molar-refractivity contribution in [2.45, 2.75) is 20.0 Å². The molecule has 2 amide bonds. The van der Waals surface area contributed by atoms with Gasteiger partial charge in [0.25, 0.3) is 0 Å². The van der Waals surface area contributed by atoms with Gasteiger partial charge >= 0.3 is 0 Å². The molecule has 0 saturated carbocycles. The van der Waals surface area contributed by atoms with Crippen LogP contribution in [0.2, 0.25) is 5.02 Å². The van der Waals surface area contributed by atoms with E-state index < -0.39 is 11.8 Å². The Morgan fingerprint density at radius 2 is 1.71 bits per heavy atom. The van der Waals surface area contributed by atoms with E-state index in [2.05, 4.69) is 47.7 Å². The van der Waals surface area contributed by atoms with E-state index in [1.54, 1.807) is 36.4 Å². The minimum absolute atomic E-state index is 0.369. The Hall–Kier alpha value is -2.88. The molecule has 0 spiro atoms. The zero-order valence-corrected chi connectivity index (χ0v) is 22.6. The number of nitrogens with one attached hydrogen (secondary N) is 2. The van der Waals surface area contributed by atoms with Crippen LogP contribution in [0.15, 0.2) is 74.7 Å². The van der Waals surface area contributed by atoms with Gasteiger partial charge in [0.2, 0.25) is 11.8 Å². The third kappa shape index (κ3) is 8.69. The highest BCUT2D eigenvalue weighted by Crippen LogP contribution is 2.37. The van der Waals surface area contributed by atoms with Crippen molar-refractivity contribution in [2.24, 2.45) is 5.10 Å². The molecule has 0 aliphatic rings. The number of carbonyl (C=O) groups excluding carboxylic acids is 2. The summed E-state index contributed by atoms with van der Waals surface area (Å²) in [5.74, 6) is 0.0869. The lowest BCUT2D eigenvalue weighted by molar-refractivity contribution is -0.126. The lowest BCUT2D eigenvalue weighted by atomic mass is 10.2. The van der Waals surface area contributed by atoms with Crippen molar-refractivity contribution >= 4 is 67.2 Å². The number of benzene rings is 3. The summed E-state index contributed by atoms with van der Waals surface area (Å²) in [6.07, 6.45) is 1.08. The quantitative estimate of drug-likeness (QED) is 0.157. The van der Waals surface area contributed by atoms with Gasteiger partial charge < -0.3 is 14.8 Å². The number of rotatable bonds is 10. The van der Waals surface area contributed by atoms with E-state index in [1.165, 1.54) is 6.21 Å². The van der Waals surface area contributed by atoms with Crippen LogP contribution < -0.4 is 20.2 Å². The van der Waals surface area contributed by atoms with Gasteiger partial charge in [-0.15, -0.1) is 0 Å². The van der Waals surface area contributed by atoms with Crippen molar-refractivity contribution in [2.75, 3.05) is 11.9 Å². The Labute approximate surface area is 225 Å². The summed E-state index contributed by atoms with van der Waals surface area (Å²) in [5, 5.41) is 7.12. The van der Waals surface area contributed by atoms with Crippen LogP contribution in [0.4, 0.5) is 5.69 Å². The second kappa shape index (κ2) is 13.3. The Morgan fingerprint density at radius 3 is 2.40 bits per heavy atom. The third-order valence-corrected chi connectivity index (χ3v) is 5.85. The van der Waals surface area contributed by atoms with E-state index in [4.69, 9.17) is 21.1 Å². The topological polar surface area (TPSA) is 89.0 Å². The second-order valence-corrected chi connectivity index (χ2v) is 9.41. The fraction of sp³-hybridized carbons (Fsp3) is 0.160. The molecule has 3 aromatic carbocycles. The number of halogens is 3. The standard InChI is InChI=1S/C25H22Br2ClN3O4/c1-2-34-22-12-17(11-21(27)25(22)35-15-16-3-5-18(26)6-4-16)14-29-31-24(33)13-23(32)30-20-9-7-19(28)8-10-20/h3-12,14H,2,13,15H2,1H3,(H,30,32)(H,31,33). The van der Waals surface area contributed by atoms with Gasteiger partial charge in [0, 0.05) is 15.2 Å². The minimum Gasteiger partial charge on any atom is -0.490 e. The number of hydrogen-bond acceptors (Lipinski definition) is 5. The van der Waals surface area contributed by atoms with Crippen molar-refractivity contribution < 1.29 is 19.1 Å². The highest BCUT2D eigenvalue weighted by molar-refractivity contribution is 9.10. The van der Waals surface area contributed by atoms with Crippen LogP contribution in [0.3, 0.4) is 0 Å². The number of amides is 2. The fourth-order valence-corrected chi connectivity index (χ4v) is 3.87. The number of anilines is 1. The van der Waals surface area contributed by atoms with E-state index in [-0.39, 0.29) is 6.42 Å². The van der Waals surface area contributed by atoms with Crippen molar-refractivity contribution in [3.05, 3.63) is 85.8 Å². The van der Waals surface area contributed by atoms with E-state index in [9.17, 15) is 9.59 Å². The van der Waals surface area contributed by atoms with Crippen LogP contribution in [-0.2, 0) is 16.2 Å². The van der Waals surface area contributed by atoms with E-state index in [0.29, 0.717) is 45.5 Å². The molecule has 35 heavy (non-hydrogen) atoms. The molecule has 0 radical (unpaired) electrons. The van der Waals surface area contributed by atoms with Gasteiger partial charge in [-0.3, -0.25) is 9.59 Å². The molecule has 0 aliphatic heterocycles. The summed E-state index contributed by atoms with van der Waals surface area (Å²) < 4.78 is 13.4. The van der Waals surface area contributed by atoms with Gasteiger partial charge in [-0.05, 0) is 82.5 Å². The highest BCUT2D eigenvalue weighted by atomic mass is 79.9. The Balaban J connectivity index is 1.58. The Kier molecular flexibility index (Phi) is 10.1. The molecule has 0 atom stereocenters. The molecule has 0 unspecified atom stereocenters. The Morgan fingerprint density at radius 1 is 1.00 bits per heavy atom. The molecule has 3 rings (SSSR count). The summed E-state index contributed by atoms with van der Waals surface area (Å²) in [7, 11) is 0. The maximum Gasteiger partial charge on any atom is 0.249 e. The number of hydrogen-bond donors (Lipinski definition) is 2. The summed E-state index contributed by atoms with van der Waals surface area (Å²) in [6, 6.07) is 18.0. The van der Waals surface area contributed by atoms with Crippen LogP contribution in [-0.4, -0.2) is 24.6 Å². The number of hydrazone groups is 1. The molecular formula is C25H22Br2ClN3O4. The van der Waals surface area contributed by atoms with E-state index in [0.717, 1.165) is 10.0 Å². The molecule has 10 heteroatoms. The number of nitrogens with zero attached hydrogens (tertiary/aromatic N) is 1. The molecule has 2 N–H and O–H groups in total. The molecule has 182 valence electrons. The average molecular weight is 624 g/mol. The predicted molar refractivity (Wildman–Crippen MR) is 144 cm³/mol. The first-order valence-corrected chi connectivity index (χ1v) is 12.5. The van der Waals surface area contributed by atoms with Gasteiger partial charge in [-0.1, -0.05) is 39.7 Å².